The quantitative estimate of drug-likeness (QED) is 0.703. The van der Waals surface area contributed by atoms with Crippen LogP contribution < -0.4 is 0 Å². The minimum absolute atomic E-state index is 0.369. The predicted octanol–water partition coefficient (Wildman–Crippen LogP) is 4.43. The van der Waals surface area contributed by atoms with Gasteiger partial charge < -0.3 is 0 Å². The van der Waals surface area contributed by atoms with Gasteiger partial charge in [-0.25, -0.2) is 0 Å². The van der Waals surface area contributed by atoms with Crippen molar-refractivity contribution in [2.75, 3.05) is 13.1 Å². The first-order chi connectivity index (χ1) is 8.62. The van der Waals surface area contributed by atoms with E-state index in [0.29, 0.717) is 5.92 Å². The summed E-state index contributed by atoms with van der Waals surface area (Å²) in [6.07, 6.45) is 2.82. The van der Waals surface area contributed by atoms with Crippen LogP contribution in [-0.4, -0.2) is 22.3 Å². The normalized spacial score (nSPS) is 21.7. The molecule has 1 atom stereocenters. The van der Waals surface area contributed by atoms with Crippen LogP contribution in [0.2, 0.25) is 0 Å². The first kappa shape index (κ1) is 14.2. The summed E-state index contributed by atoms with van der Waals surface area (Å²) in [7, 11) is 0. The second kappa shape index (κ2) is 6.29. The standard InChI is InChI=1S/C14H16Cl3N/c15-7-4-8-18(11-13-9-14(13,16)17)10-12-5-2-1-3-6-12/h1-7,13H,8-11H2. The molecule has 1 aliphatic carbocycles. The van der Waals surface area contributed by atoms with Gasteiger partial charge >= 0.3 is 0 Å². The van der Waals surface area contributed by atoms with Gasteiger partial charge in [-0.05, 0) is 12.0 Å². The Balaban J connectivity index is 1.93. The van der Waals surface area contributed by atoms with E-state index in [1.807, 2.05) is 12.1 Å². The Labute approximate surface area is 123 Å². The lowest BCUT2D eigenvalue weighted by atomic mass is 10.2. The fourth-order valence-electron chi connectivity index (χ4n) is 2.01. The molecule has 4 heteroatoms. The monoisotopic (exact) mass is 303 g/mol. The highest BCUT2D eigenvalue weighted by atomic mass is 35.5. The average molecular weight is 305 g/mol. The van der Waals surface area contributed by atoms with Crippen molar-refractivity contribution in [2.45, 2.75) is 17.3 Å². The summed E-state index contributed by atoms with van der Waals surface area (Å²) in [5, 5.41) is 0. The number of benzene rings is 1. The Kier molecular flexibility index (Phi) is 4.97. The molecule has 1 fully saturated rings. The number of hydrogen-bond acceptors (Lipinski definition) is 1. The Morgan fingerprint density at radius 3 is 2.50 bits per heavy atom. The second-order valence-corrected chi connectivity index (χ2v) is 6.50. The van der Waals surface area contributed by atoms with E-state index in [2.05, 4.69) is 29.2 Å². The number of rotatable bonds is 6. The van der Waals surface area contributed by atoms with E-state index in [9.17, 15) is 0 Å². The van der Waals surface area contributed by atoms with Crippen molar-refractivity contribution in [1.82, 2.24) is 4.90 Å². The molecule has 0 radical (unpaired) electrons. The number of hydrogen-bond donors (Lipinski definition) is 0. The van der Waals surface area contributed by atoms with Crippen molar-refractivity contribution in [1.29, 1.82) is 0 Å². The van der Waals surface area contributed by atoms with Crippen LogP contribution in [0.15, 0.2) is 41.9 Å². The van der Waals surface area contributed by atoms with E-state index in [-0.39, 0.29) is 0 Å². The SMILES string of the molecule is ClC=CCN(Cc1ccccc1)CC1CC1(Cl)Cl. The molecule has 0 aliphatic heterocycles. The first-order valence-electron chi connectivity index (χ1n) is 6.01. The van der Waals surface area contributed by atoms with Crippen LogP contribution in [0.1, 0.15) is 12.0 Å². The fourth-order valence-corrected chi connectivity index (χ4v) is 2.60. The Morgan fingerprint density at radius 2 is 1.94 bits per heavy atom. The molecule has 0 aromatic heterocycles. The van der Waals surface area contributed by atoms with Crippen LogP contribution >= 0.6 is 34.8 Å². The lowest BCUT2D eigenvalue weighted by Gasteiger charge is -2.21. The molecule has 0 N–H and O–H groups in total. The molecule has 0 saturated heterocycles. The summed E-state index contributed by atoms with van der Waals surface area (Å²) in [6, 6.07) is 10.4. The molecule has 0 spiro atoms. The van der Waals surface area contributed by atoms with E-state index >= 15 is 0 Å². The lowest BCUT2D eigenvalue weighted by Crippen LogP contribution is -2.27. The fraction of sp³-hybridized carbons (Fsp3) is 0.429. The minimum atomic E-state index is -0.514. The summed E-state index contributed by atoms with van der Waals surface area (Å²) >= 11 is 17.8. The molecular formula is C14H16Cl3N. The third-order valence-corrected chi connectivity index (χ3v) is 4.24. The van der Waals surface area contributed by atoms with Gasteiger partial charge in [0.2, 0.25) is 0 Å². The summed E-state index contributed by atoms with van der Waals surface area (Å²) in [6.45, 7) is 2.62. The smallest absolute Gasteiger partial charge is 0.122 e. The molecular weight excluding hydrogens is 289 g/mol. The number of halogens is 3. The van der Waals surface area contributed by atoms with Gasteiger partial charge in [-0.1, -0.05) is 48.0 Å². The molecule has 1 aliphatic rings. The zero-order chi connectivity index (χ0) is 13.0. The van der Waals surface area contributed by atoms with Crippen molar-refractivity contribution in [2.24, 2.45) is 5.92 Å². The third-order valence-electron chi connectivity index (χ3n) is 3.14. The van der Waals surface area contributed by atoms with Gasteiger partial charge in [0, 0.05) is 31.1 Å². The van der Waals surface area contributed by atoms with Crippen LogP contribution in [-0.2, 0) is 6.54 Å². The van der Waals surface area contributed by atoms with E-state index < -0.39 is 4.33 Å². The van der Waals surface area contributed by atoms with Crippen LogP contribution in [0.3, 0.4) is 0 Å². The van der Waals surface area contributed by atoms with Crippen molar-refractivity contribution >= 4 is 34.8 Å². The maximum atomic E-state index is 6.08. The molecule has 2 rings (SSSR count). The zero-order valence-electron chi connectivity index (χ0n) is 10.0. The number of nitrogens with zero attached hydrogens (tertiary/aromatic N) is 1. The lowest BCUT2D eigenvalue weighted by molar-refractivity contribution is 0.281. The van der Waals surface area contributed by atoms with Crippen LogP contribution in [0.4, 0.5) is 0 Å². The van der Waals surface area contributed by atoms with Gasteiger partial charge in [0.15, 0.2) is 0 Å². The van der Waals surface area contributed by atoms with Crippen LogP contribution in [0.5, 0.6) is 0 Å². The maximum absolute atomic E-state index is 6.08. The highest BCUT2D eigenvalue weighted by molar-refractivity contribution is 6.50. The number of alkyl halides is 2. The first-order valence-corrected chi connectivity index (χ1v) is 7.20. The Bertz CT molecular complexity index is 403. The third kappa shape index (κ3) is 4.17. The molecule has 1 nitrogen and oxygen atoms in total. The molecule has 98 valence electrons. The van der Waals surface area contributed by atoms with E-state index in [1.165, 1.54) is 5.56 Å². The highest BCUT2D eigenvalue weighted by Gasteiger charge is 2.51. The molecule has 1 unspecified atom stereocenters. The summed E-state index contributed by atoms with van der Waals surface area (Å²) in [5.74, 6) is 0.369. The molecule has 1 aromatic rings. The van der Waals surface area contributed by atoms with E-state index in [0.717, 1.165) is 26.1 Å². The molecule has 0 amide bonds. The summed E-state index contributed by atoms with van der Waals surface area (Å²) < 4.78 is -0.514. The van der Waals surface area contributed by atoms with Crippen molar-refractivity contribution in [3.63, 3.8) is 0 Å². The van der Waals surface area contributed by atoms with Crippen LogP contribution in [0.25, 0.3) is 0 Å². The van der Waals surface area contributed by atoms with Gasteiger partial charge in [0.1, 0.15) is 4.33 Å². The highest BCUT2D eigenvalue weighted by Crippen LogP contribution is 2.53. The molecule has 0 heterocycles. The average Bonchev–Trinajstić information content (AvgIpc) is 2.95. The van der Waals surface area contributed by atoms with Crippen LogP contribution in [0, 0.1) is 5.92 Å². The van der Waals surface area contributed by atoms with Gasteiger partial charge in [-0.15, -0.1) is 23.2 Å². The molecule has 0 bridgehead atoms. The van der Waals surface area contributed by atoms with Crippen molar-refractivity contribution < 1.29 is 0 Å². The summed E-state index contributed by atoms with van der Waals surface area (Å²) in [5.41, 5.74) is 2.84. The van der Waals surface area contributed by atoms with Gasteiger partial charge in [-0.3, -0.25) is 4.90 Å². The van der Waals surface area contributed by atoms with Gasteiger partial charge in [-0.2, -0.15) is 0 Å². The van der Waals surface area contributed by atoms with Crippen molar-refractivity contribution in [3.8, 4) is 0 Å². The van der Waals surface area contributed by atoms with Gasteiger partial charge in [0.05, 0.1) is 0 Å². The summed E-state index contributed by atoms with van der Waals surface area (Å²) in [4.78, 5) is 2.31. The molecule has 18 heavy (non-hydrogen) atoms. The van der Waals surface area contributed by atoms with E-state index in [1.54, 1.807) is 5.54 Å². The topological polar surface area (TPSA) is 3.24 Å². The maximum Gasteiger partial charge on any atom is 0.122 e. The van der Waals surface area contributed by atoms with Crippen molar-refractivity contribution in [3.05, 3.63) is 47.5 Å². The Hall–Kier alpha value is -0.210. The van der Waals surface area contributed by atoms with E-state index in [4.69, 9.17) is 34.8 Å². The van der Waals surface area contributed by atoms with Gasteiger partial charge in [0.25, 0.3) is 0 Å². The molecule has 1 saturated carbocycles. The predicted molar refractivity (Wildman–Crippen MR) is 79.3 cm³/mol. The zero-order valence-corrected chi connectivity index (χ0v) is 12.3. The largest absolute Gasteiger partial charge is 0.295 e. The minimum Gasteiger partial charge on any atom is -0.295 e. The second-order valence-electron chi connectivity index (χ2n) is 4.70. The Morgan fingerprint density at radius 1 is 1.28 bits per heavy atom. The molecule has 1 aromatic carbocycles.